The first kappa shape index (κ1) is 20.2. The van der Waals surface area contributed by atoms with Crippen molar-refractivity contribution in [2.45, 2.75) is 6.42 Å². The van der Waals surface area contributed by atoms with E-state index in [-0.39, 0.29) is 24.8 Å². The monoisotopic (exact) mass is 397 g/mol. The molecular formula is C21H23N3O5. The van der Waals surface area contributed by atoms with Gasteiger partial charge in [0.15, 0.2) is 0 Å². The zero-order valence-electron chi connectivity index (χ0n) is 16.5. The molecule has 1 fully saturated rings. The van der Waals surface area contributed by atoms with Gasteiger partial charge in [0.1, 0.15) is 11.5 Å². The lowest BCUT2D eigenvalue weighted by molar-refractivity contribution is -0.124. The fourth-order valence-corrected chi connectivity index (χ4v) is 3.36. The highest BCUT2D eigenvalue weighted by Gasteiger charge is 2.37. The zero-order chi connectivity index (χ0) is 21.1. The molecule has 3 amide bonds. The zero-order valence-corrected chi connectivity index (χ0v) is 16.5. The van der Waals surface area contributed by atoms with Crippen LogP contribution in [0.4, 0.5) is 11.4 Å². The molecule has 3 rings (SSSR count). The number of hydrogen-bond donors (Lipinski definition) is 1. The van der Waals surface area contributed by atoms with Gasteiger partial charge >= 0.3 is 0 Å². The van der Waals surface area contributed by atoms with Crippen molar-refractivity contribution in [3.8, 4) is 11.5 Å². The molecule has 8 nitrogen and oxygen atoms in total. The second-order valence-corrected chi connectivity index (χ2v) is 6.75. The molecular weight excluding hydrogens is 374 g/mol. The van der Waals surface area contributed by atoms with Gasteiger partial charge < -0.3 is 25.0 Å². The molecule has 29 heavy (non-hydrogen) atoms. The van der Waals surface area contributed by atoms with E-state index < -0.39 is 11.8 Å². The Hall–Kier alpha value is -3.55. The minimum atomic E-state index is -0.531. The van der Waals surface area contributed by atoms with Gasteiger partial charge in [-0.3, -0.25) is 14.4 Å². The molecule has 2 N–H and O–H groups in total. The molecule has 1 aliphatic heterocycles. The maximum atomic E-state index is 12.9. The van der Waals surface area contributed by atoms with Crippen molar-refractivity contribution in [2.24, 2.45) is 11.7 Å². The number of rotatable bonds is 6. The maximum absolute atomic E-state index is 12.9. The Morgan fingerprint density at radius 1 is 1.10 bits per heavy atom. The average molecular weight is 397 g/mol. The number of carbonyl (C=O) groups excluding carboxylic acids is 3. The standard InChI is InChI=1S/C21H23N3O5/c1-23(15-6-4-13(5-7-15)20(22)26)21(27)14-10-19(25)24(12-14)17-9-8-16(28-2)11-18(17)29-3/h4-9,11,14H,10,12H2,1-3H3,(H2,22,26). The number of nitrogens with two attached hydrogens (primary N) is 1. The van der Waals surface area contributed by atoms with Gasteiger partial charge in [-0.15, -0.1) is 0 Å². The Balaban J connectivity index is 1.77. The van der Waals surface area contributed by atoms with Crippen molar-refractivity contribution in [1.29, 1.82) is 0 Å². The van der Waals surface area contributed by atoms with Crippen LogP contribution in [0.5, 0.6) is 11.5 Å². The van der Waals surface area contributed by atoms with Gasteiger partial charge in [-0.1, -0.05) is 0 Å². The predicted octanol–water partition coefficient (Wildman–Crippen LogP) is 1.82. The number of amides is 3. The molecule has 2 aromatic carbocycles. The van der Waals surface area contributed by atoms with E-state index in [4.69, 9.17) is 15.2 Å². The number of anilines is 2. The van der Waals surface area contributed by atoms with Crippen molar-refractivity contribution < 1.29 is 23.9 Å². The molecule has 1 saturated heterocycles. The third-order valence-electron chi connectivity index (χ3n) is 5.02. The number of benzene rings is 2. The number of hydrogen-bond acceptors (Lipinski definition) is 5. The van der Waals surface area contributed by atoms with Crippen LogP contribution in [0.15, 0.2) is 42.5 Å². The molecule has 152 valence electrons. The van der Waals surface area contributed by atoms with Gasteiger partial charge in [-0.25, -0.2) is 0 Å². The molecule has 0 radical (unpaired) electrons. The molecule has 0 spiro atoms. The summed E-state index contributed by atoms with van der Waals surface area (Å²) in [6.45, 7) is 0.254. The summed E-state index contributed by atoms with van der Waals surface area (Å²) in [5.41, 5.74) is 6.83. The van der Waals surface area contributed by atoms with Gasteiger partial charge in [-0.05, 0) is 36.4 Å². The number of ether oxygens (including phenoxy) is 2. The molecule has 1 unspecified atom stereocenters. The van der Waals surface area contributed by atoms with Crippen molar-refractivity contribution in [2.75, 3.05) is 37.6 Å². The first-order chi connectivity index (χ1) is 13.8. The quantitative estimate of drug-likeness (QED) is 0.801. The number of methoxy groups -OCH3 is 2. The smallest absolute Gasteiger partial charge is 0.248 e. The topological polar surface area (TPSA) is 102 Å². The van der Waals surface area contributed by atoms with Gasteiger partial charge in [0.25, 0.3) is 0 Å². The SMILES string of the molecule is COc1ccc(N2CC(C(=O)N(C)c3ccc(C(N)=O)cc3)CC2=O)c(OC)c1. The Labute approximate surface area is 168 Å². The average Bonchev–Trinajstić information content (AvgIpc) is 3.13. The second kappa shape index (κ2) is 8.22. The van der Waals surface area contributed by atoms with E-state index in [0.717, 1.165) is 0 Å². The van der Waals surface area contributed by atoms with Crippen LogP contribution >= 0.6 is 0 Å². The summed E-state index contributed by atoms with van der Waals surface area (Å²) in [5.74, 6) is -0.235. The molecule has 0 aromatic heterocycles. The summed E-state index contributed by atoms with van der Waals surface area (Å²) in [4.78, 5) is 39.8. The predicted molar refractivity (Wildman–Crippen MR) is 108 cm³/mol. The molecule has 0 aliphatic carbocycles. The highest BCUT2D eigenvalue weighted by molar-refractivity contribution is 6.05. The maximum Gasteiger partial charge on any atom is 0.248 e. The second-order valence-electron chi connectivity index (χ2n) is 6.75. The van der Waals surface area contributed by atoms with Crippen molar-refractivity contribution in [3.05, 3.63) is 48.0 Å². The molecule has 1 aliphatic rings. The van der Waals surface area contributed by atoms with E-state index in [2.05, 4.69) is 0 Å². The Morgan fingerprint density at radius 2 is 1.79 bits per heavy atom. The highest BCUT2D eigenvalue weighted by Crippen LogP contribution is 2.36. The van der Waals surface area contributed by atoms with E-state index in [1.807, 2.05) is 0 Å². The minimum Gasteiger partial charge on any atom is -0.497 e. The Kier molecular flexibility index (Phi) is 5.72. The fourth-order valence-electron chi connectivity index (χ4n) is 3.36. The van der Waals surface area contributed by atoms with E-state index in [1.54, 1.807) is 61.5 Å². The van der Waals surface area contributed by atoms with Crippen LogP contribution in [0.25, 0.3) is 0 Å². The van der Waals surface area contributed by atoms with Crippen LogP contribution in [0, 0.1) is 5.92 Å². The van der Waals surface area contributed by atoms with Crippen LogP contribution in [-0.2, 0) is 9.59 Å². The van der Waals surface area contributed by atoms with Crippen molar-refractivity contribution >= 4 is 29.1 Å². The summed E-state index contributed by atoms with van der Waals surface area (Å²) < 4.78 is 10.6. The first-order valence-corrected chi connectivity index (χ1v) is 9.05. The summed E-state index contributed by atoms with van der Waals surface area (Å²) >= 11 is 0. The Morgan fingerprint density at radius 3 is 2.38 bits per heavy atom. The highest BCUT2D eigenvalue weighted by atomic mass is 16.5. The Bertz CT molecular complexity index is 942. The summed E-state index contributed by atoms with van der Waals surface area (Å²) in [5, 5.41) is 0. The van der Waals surface area contributed by atoms with E-state index >= 15 is 0 Å². The number of carbonyl (C=O) groups is 3. The normalized spacial score (nSPS) is 15.9. The van der Waals surface area contributed by atoms with Crippen molar-refractivity contribution in [1.82, 2.24) is 0 Å². The molecule has 2 aromatic rings. The summed E-state index contributed by atoms with van der Waals surface area (Å²) in [7, 11) is 4.71. The van der Waals surface area contributed by atoms with Crippen LogP contribution in [0.3, 0.4) is 0 Å². The lowest BCUT2D eigenvalue weighted by atomic mass is 10.1. The van der Waals surface area contributed by atoms with Crippen LogP contribution in [0.2, 0.25) is 0 Å². The van der Waals surface area contributed by atoms with Crippen LogP contribution in [-0.4, -0.2) is 45.5 Å². The molecule has 0 bridgehead atoms. The number of nitrogens with zero attached hydrogens (tertiary/aromatic N) is 2. The van der Waals surface area contributed by atoms with Crippen LogP contribution < -0.4 is 25.0 Å². The molecule has 1 atom stereocenters. The van der Waals surface area contributed by atoms with Gasteiger partial charge in [0, 0.05) is 37.3 Å². The third-order valence-corrected chi connectivity index (χ3v) is 5.02. The molecule has 1 heterocycles. The third kappa shape index (κ3) is 4.01. The van der Waals surface area contributed by atoms with Gasteiger partial charge in [0.05, 0.1) is 25.8 Å². The number of primary amides is 1. The van der Waals surface area contributed by atoms with E-state index in [0.29, 0.717) is 28.4 Å². The van der Waals surface area contributed by atoms with Crippen molar-refractivity contribution in [3.63, 3.8) is 0 Å². The first-order valence-electron chi connectivity index (χ1n) is 9.05. The lowest BCUT2D eigenvalue weighted by Gasteiger charge is -2.22. The summed E-state index contributed by atoms with van der Waals surface area (Å²) in [6, 6.07) is 11.6. The summed E-state index contributed by atoms with van der Waals surface area (Å²) in [6.07, 6.45) is 0.109. The van der Waals surface area contributed by atoms with Crippen LogP contribution in [0.1, 0.15) is 16.8 Å². The van der Waals surface area contributed by atoms with Gasteiger partial charge in [-0.2, -0.15) is 0 Å². The minimum absolute atomic E-state index is 0.109. The lowest BCUT2D eigenvalue weighted by Crippen LogP contribution is -2.34. The van der Waals surface area contributed by atoms with Gasteiger partial charge in [0.2, 0.25) is 17.7 Å². The molecule has 0 saturated carbocycles. The van der Waals surface area contributed by atoms with E-state index in [9.17, 15) is 14.4 Å². The van der Waals surface area contributed by atoms with E-state index in [1.165, 1.54) is 12.0 Å². The largest absolute Gasteiger partial charge is 0.497 e. The molecule has 8 heteroatoms. The fraction of sp³-hybridized carbons (Fsp3) is 0.286.